The Labute approximate surface area is 190 Å². The first-order valence-electron chi connectivity index (χ1n) is 9.93. The SMILES string of the molecule is Cc1ccc(NC2=NC(Sc3nnc(C)s3)N=C(Nc3ccc(C)cc3C)N2)c(C)c1. The van der Waals surface area contributed by atoms with Crippen LogP contribution in [0.4, 0.5) is 11.4 Å². The molecule has 0 saturated carbocycles. The molecule has 0 fully saturated rings. The third-order valence-corrected chi connectivity index (χ3v) is 6.58. The first-order valence-corrected chi connectivity index (χ1v) is 11.6. The molecule has 0 radical (unpaired) electrons. The Balaban J connectivity index is 1.59. The summed E-state index contributed by atoms with van der Waals surface area (Å²) < 4.78 is 0.841. The van der Waals surface area contributed by atoms with Crippen LogP contribution in [0.3, 0.4) is 0 Å². The molecule has 0 aliphatic carbocycles. The highest BCUT2D eigenvalue weighted by Gasteiger charge is 2.20. The molecule has 7 nitrogen and oxygen atoms in total. The monoisotopic (exact) mass is 451 g/mol. The van der Waals surface area contributed by atoms with Gasteiger partial charge in [-0.25, -0.2) is 9.98 Å². The van der Waals surface area contributed by atoms with Crippen molar-refractivity contribution in [1.29, 1.82) is 0 Å². The van der Waals surface area contributed by atoms with E-state index >= 15 is 0 Å². The van der Waals surface area contributed by atoms with Gasteiger partial charge in [-0.2, -0.15) is 0 Å². The first-order chi connectivity index (χ1) is 14.9. The summed E-state index contributed by atoms with van der Waals surface area (Å²) in [4.78, 5) is 9.48. The third-order valence-electron chi connectivity index (χ3n) is 4.70. The quantitative estimate of drug-likeness (QED) is 0.518. The van der Waals surface area contributed by atoms with E-state index in [1.165, 1.54) is 22.9 Å². The molecular weight excluding hydrogens is 426 g/mol. The zero-order chi connectivity index (χ0) is 22.0. The second-order valence-corrected chi connectivity index (χ2v) is 9.98. The van der Waals surface area contributed by atoms with Crippen molar-refractivity contribution in [3.05, 3.63) is 63.7 Å². The van der Waals surface area contributed by atoms with E-state index in [-0.39, 0.29) is 5.50 Å². The molecule has 3 N–H and O–H groups in total. The minimum atomic E-state index is -0.380. The number of aromatic nitrogens is 2. The van der Waals surface area contributed by atoms with Crippen molar-refractivity contribution in [2.45, 2.75) is 44.5 Å². The lowest BCUT2D eigenvalue weighted by molar-refractivity contribution is 0.920. The van der Waals surface area contributed by atoms with Crippen LogP contribution in [-0.4, -0.2) is 27.6 Å². The molecule has 0 unspecified atom stereocenters. The fourth-order valence-corrected chi connectivity index (χ4v) is 5.00. The third kappa shape index (κ3) is 5.42. The molecule has 2 aromatic carbocycles. The van der Waals surface area contributed by atoms with Crippen LogP contribution in [-0.2, 0) is 0 Å². The van der Waals surface area contributed by atoms with Gasteiger partial charge in [-0.05, 0) is 69.6 Å². The van der Waals surface area contributed by atoms with E-state index < -0.39 is 0 Å². The first kappa shape index (κ1) is 21.3. The average molecular weight is 452 g/mol. The van der Waals surface area contributed by atoms with Crippen LogP contribution in [0.5, 0.6) is 0 Å². The second-order valence-electron chi connectivity index (χ2n) is 7.50. The standard InChI is InChI=1S/C22H25N7S2/c1-12-6-8-17(14(3)10-12)23-19-25-20(24-18-9-7-13(2)11-15(18)4)27-21(26-19)31-22-29-28-16(5)30-22/h6-11,21H,1-5H3,(H3,23,24,25,26,27). The number of rotatable bonds is 4. The van der Waals surface area contributed by atoms with Crippen molar-refractivity contribution in [1.82, 2.24) is 15.5 Å². The summed E-state index contributed by atoms with van der Waals surface area (Å²) in [5, 5.41) is 19.3. The Hall–Kier alpha value is -2.91. The summed E-state index contributed by atoms with van der Waals surface area (Å²) in [5.74, 6) is 1.26. The van der Waals surface area contributed by atoms with Gasteiger partial charge in [0.05, 0.1) is 0 Å². The molecule has 2 heterocycles. The van der Waals surface area contributed by atoms with E-state index in [4.69, 9.17) is 9.98 Å². The highest BCUT2D eigenvalue weighted by Crippen LogP contribution is 2.29. The second kappa shape index (κ2) is 9.07. The molecule has 31 heavy (non-hydrogen) atoms. The van der Waals surface area contributed by atoms with Crippen molar-refractivity contribution >= 4 is 46.4 Å². The number of anilines is 2. The topological polar surface area (TPSA) is 86.6 Å². The summed E-state index contributed by atoms with van der Waals surface area (Å²) >= 11 is 3.02. The lowest BCUT2D eigenvalue weighted by atomic mass is 10.1. The Morgan fingerprint density at radius 2 is 1.35 bits per heavy atom. The summed E-state index contributed by atoms with van der Waals surface area (Å²) in [5.41, 5.74) is 6.37. The number of hydrogen-bond donors (Lipinski definition) is 3. The molecule has 9 heteroatoms. The molecule has 0 atom stereocenters. The van der Waals surface area contributed by atoms with E-state index in [1.807, 2.05) is 6.92 Å². The van der Waals surface area contributed by atoms with Crippen LogP contribution >= 0.6 is 23.1 Å². The number of guanidine groups is 2. The van der Waals surface area contributed by atoms with Gasteiger partial charge >= 0.3 is 0 Å². The van der Waals surface area contributed by atoms with Crippen LogP contribution in [0.2, 0.25) is 0 Å². The van der Waals surface area contributed by atoms with E-state index in [0.717, 1.165) is 31.8 Å². The zero-order valence-corrected chi connectivity index (χ0v) is 19.8. The molecule has 160 valence electrons. The van der Waals surface area contributed by atoms with Crippen molar-refractivity contribution < 1.29 is 0 Å². The van der Waals surface area contributed by atoms with Crippen molar-refractivity contribution in [2.75, 3.05) is 10.6 Å². The molecule has 0 saturated heterocycles. The summed E-state index contributed by atoms with van der Waals surface area (Å²) in [7, 11) is 0. The molecule has 0 spiro atoms. The molecule has 0 bridgehead atoms. The van der Waals surface area contributed by atoms with Gasteiger partial charge in [0.15, 0.2) is 4.34 Å². The van der Waals surface area contributed by atoms with Gasteiger partial charge in [-0.1, -0.05) is 46.7 Å². The van der Waals surface area contributed by atoms with Crippen LogP contribution in [0.25, 0.3) is 0 Å². The molecule has 1 aromatic heterocycles. The number of thioether (sulfide) groups is 1. The highest BCUT2D eigenvalue weighted by atomic mass is 32.2. The lowest BCUT2D eigenvalue weighted by Crippen LogP contribution is -2.44. The van der Waals surface area contributed by atoms with Crippen molar-refractivity contribution in [3.63, 3.8) is 0 Å². The van der Waals surface area contributed by atoms with Crippen molar-refractivity contribution in [2.24, 2.45) is 9.98 Å². The fraction of sp³-hybridized carbons (Fsp3) is 0.273. The largest absolute Gasteiger partial charge is 0.326 e. The van der Waals surface area contributed by atoms with Gasteiger partial charge < -0.3 is 10.6 Å². The predicted molar refractivity (Wildman–Crippen MR) is 131 cm³/mol. The van der Waals surface area contributed by atoms with Gasteiger partial charge in [0.25, 0.3) is 0 Å². The van der Waals surface area contributed by atoms with Gasteiger partial charge in [-0.3, -0.25) is 5.32 Å². The molecular formula is C22H25N7S2. The van der Waals surface area contributed by atoms with Crippen LogP contribution in [0, 0.1) is 34.6 Å². The fourth-order valence-electron chi connectivity index (χ4n) is 3.19. The predicted octanol–water partition coefficient (Wildman–Crippen LogP) is 5.00. The van der Waals surface area contributed by atoms with Gasteiger partial charge in [0, 0.05) is 11.4 Å². The van der Waals surface area contributed by atoms with E-state index in [9.17, 15) is 0 Å². The van der Waals surface area contributed by atoms with Crippen LogP contribution in [0.15, 0.2) is 50.7 Å². The maximum Gasteiger partial charge on any atom is 0.205 e. The summed E-state index contributed by atoms with van der Waals surface area (Å²) in [6.07, 6.45) is 0. The van der Waals surface area contributed by atoms with Crippen LogP contribution in [0.1, 0.15) is 27.3 Å². The van der Waals surface area contributed by atoms with E-state index in [1.54, 1.807) is 11.3 Å². The van der Waals surface area contributed by atoms with Gasteiger partial charge in [0.2, 0.25) is 17.4 Å². The molecule has 1 aliphatic heterocycles. The molecule has 4 rings (SSSR count). The lowest BCUT2D eigenvalue weighted by Gasteiger charge is -2.23. The number of nitrogens with zero attached hydrogens (tertiary/aromatic N) is 4. The number of hydrogen-bond acceptors (Lipinski definition) is 9. The molecule has 1 aliphatic rings. The minimum absolute atomic E-state index is 0.380. The molecule has 0 amide bonds. The minimum Gasteiger partial charge on any atom is -0.326 e. The van der Waals surface area contributed by atoms with Crippen molar-refractivity contribution in [3.8, 4) is 0 Å². The Morgan fingerprint density at radius 3 is 1.81 bits per heavy atom. The number of aliphatic imine (C=N–C) groups is 2. The highest BCUT2D eigenvalue weighted by molar-refractivity contribution is 8.01. The van der Waals surface area contributed by atoms with Crippen LogP contribution < -0.4 is 16.0 Å². The Kier molecular flexibility index (Phi) is 6.24. The summed E-state index contributed by atoms with van der Waals surface area (Å²) in [6.45, 7) is 10.3. The maximum absolute atomic E-state index is 4.74. The van der Waals surface area contributed by atoms with E-state index in [0.29, 0.717) is 11.9 Å². The number of nitrogens with one attached hydrogen (secondary N) is 3. The normalized spacial score (nSPS) is 14.0. The van der Waals surface area contributed by atoms with Gasteiger partial charge in [-0.15, -0.1) is 10.2 Å². The maximum atomic E-state index is 4.74. The number of benzene rings is 2. The molecule has 3 aromatic rings. The number of aryl methyl sites for hydroxylation is 5. The van der Waals surface area contributed by atoms with Gasteiger partial charge in [0.1, 0.15) is 5.01 Å². The summed E-state index contributed by atoms with van der Waals surface area (Å²) in [6, 6.07) is 12.6. The average Bonchev–Trinajstić information content (AvgIpc) is 3.11. The Bertz CT molecular complexity index is 1100. The smallest absolute Gasteiger partial charge is 0.205 e. The zero-order valence-electron chi connectivity index (χ0n) is 18.1. The Morgan fingerprint density at radius 1 is 0.806 bits per heavy atom. The van der Waals surface area contributed by atoms with E-state index in [2.05, 4.69) is 90.2 Å².